The molecule has 0 bridgehead atoms. The number of nitrogens with one attached hydrogen (secondary N) is 2. The summed E-state index contributed by atoms with van der Waals surface area (Å²) >= 11 is 0. The van der Waals surface area contributed by atoms with E-state index in [4.69, 9.17) is 5.11 Å². The Bertz CT molecular complexity index is 890. The number of benzene rings is 2. The molecule has 2 rings (SSSR count). The fourth-order valence-electron chi connectivity index (χ4n) is 2.20. The highest BCUT2D eigenvalue weighted by Crippen LogP contribution is 2.13. The molecular formula is C18H20N2O5S. The van der Waals surface area contributed by atoms with Crippen LogP contribution in [0.3, 0.4) is 0 Å². The SMILES string of the molecule is Cc1ccc(S(=O)(=O)NC(C)C(=O)Nc2ccc(CC(=O)O)cc2)cc1. The lowest BCUT2D eigenvalue weighted by Crippen LogP contribution is -2.41. The van der Waals surface area contributed by atoms with Crippen LogP contribution >= 0.6 is 0 Å². The van der Waals surface area contributed by atoms with Gasteiger partial charge in [-0.2, -0.15) is 4.72 Å². The van der Waals surface area contributed by atoms with Crippen molar-refractivity contribution in [2.45, 2.75) is 31.2 Å². The number of carbonyl (C=O) groups excluding carboxylic acids is 1. The second-order valence-electron chi connectivity index (χ2n) is 5.91. The van der Waals surface area contributed by atoms with E-state index in [-0.39, 0.29) is 11.3 Å². The summed E-state index contributed by atoms with van der Waals surface area (Å²) in [4.78, 5) is 22.9. The molecule has 0 aliphatic heterocycles. The summed E-state index contributed by atoms with van der Waals surface area (Å²) in [6, 6.07) is 11.6. The van der Waals surface area contributed by atoms with E-state index >= 15 is 0 Å². The van der Waals surface area contributed by atoms with Crippen LogP contribution < -0.4 is 10.0 Å². The van der Waals surface area contributed by atoms with Crippen LogP contribution in [0.15, 0.2) is 53.4 Å². The maximum atomic E-state index is 12.3. The van der Waals surface area contributed by atoms with Gasteiger partial charge in [-0.25, -0.2) is 8.42 Å². The van der Waals surface area contributed by atoms with Gasteiger partial charge in [0, 0.05) is 5.69 Å². The number of carboxylic acid groups (broad SMARTS) is 1. The molecule has 1 unspecified atom stereocenters. The van der Waals surface area contributed by atoms with Gasteiger partial charge in [0.2, 0.25) is 15.9 Å². The number of carbonyl (C=O) groups is 2. The lowest BCUT2D eigenvalue weighted by Gasteiger charge is -2.15. The zero-order valence-corrected chi connectivity index (χ0v) is 15.2. The normalized spacial score (nSPS) is 12.4. The predicted octanol–water partition coefficient (Wildman–Crippen LogP) is 1.93. The largest absolute Gasteiger partial charge is 0.481 e. The molecule has 0 fully saturated rings. The van der Waals surface area contributed by atoms with Gasteiger partial charge in [-0.15, -0.1) is 0 Å². The molecule has 138 valence electrons. The van der Waals surface area contributed by atoms with Crippen LogP contribution in [0.2, 0.25) is 0 Å². The van der Waals surface area contributed by atoms with Crippen LogP contribution in [-0.4, -0.2) is 31.4 Å². The second kappa shape index (κ2) is 8.11. The molecule has 1 atom stereocenters. The first-order valence-electron chi connectivity index (χ1n) is 7.88. The zero-order valence-electron chi connectivity index (χ0n) is 14.4. The standard InChI is InChI=1S/C18H20N2O5S/c1-12-3-9-16(10-4-12)26(24,25)20-13(2)18(23)19-15-7-5-14(6-8-15)11-17(21)22/h3-10,13,20H,11H2,1-2H3,(H,19,23)(H,21,22). The van der Waals surface area contributed by atoms with E-state index in [1.807, 2.05) is 6.92 Å². The molecule has 0 heterocycles. The first kappa shape index (κ1) is 19.6. The zero-order chi connectivity index (χ0) is 19.3. The highest BCUT2D eigenvalue weighted by Gasteiger charge is 2.22. The van der Waals surface area contributed by atoms with Gasteiger partial charge in [0.25, 0.3) is 0 Å². The van der Waals surface area contributed by atoms with E-state index in [9.17, 15) is 18.0 Å². The smallest absolute Gasteiger partial charge is 0.307 e. The summed E-state index contributed by atoms with van der Waals surface area (Å²) in [5, 5.41) is 11.3. The molecule has 1 amide bonds. The maximum Gasteiger partial charge on any atom is 0.307 e. The minimum absolute atomic E-state index is 0.0840. The van der Waals surface area contributed by atoms with E-state index in [1.54, 1.807) is 36.4 Å². The fraction of sp³-hybridized carbons (Fsp3) is 0.222. The first-order chi connectivity index (χ1) is 12.2. The van der Waals surface area contributed by atoms with Crippen LogP contribution in [0.1, 0.15) is 18.1 Å². The van der Waals surface area contributed by atoms with Crippen molar-refractivity contribution >= 4 is 27.6 Å². The van der Waals surface area contributed by atoms with Crippen molar-refractivity contribution in [3.05, 3.63) is 59.7 Å². The third-order valence-electron chi connectivity index (χ3n) is 3.63. The molecule has 7 nitrogen and oxygen atoms in total. The van der Waals surface area contributed by atoms with Gasteiger partial charge in [0.15, 0.2) is 0 Å². The molecule has 3 N–H and O–H groups in total. The van der Waals surface area contributed by atoms with E-state index in [0.717, 1.165) is 5.56 Å². The summed E-state index contributed by atoms with van der Waals surface area (Å²) in [6.45, 7) is 3.29. The van der Waals surface area contributed by atoms with Crippen molar-refractivity contribution in [3.8, 4) is 0 Å². The van der Waals surface area contributed by atoms with Gasteiger partial charge in [0.05, 0.1) is 17.4 Å². The Morgan fingerprint density at radius 2 is 1.62 bits per heavy atom. The number of hydrogen-bond donors (Lipinski definition) is 3. The lowest BCUT2D eigenvalue weighted by molar-refractivity contribution is -0.136. The number of rotatable bonds is 7. The van der Waals surface area contributed by atoms with Crippen LogP contribution in [0, 0.1) is 6.92 Å². The quantitative estimate of drug-likeness (QED) is 0.683. The monoisotopic (exact) mass is 376 g/mol. The molecule has 2 aromatic carbocycles. The van der Waals surface area contributed by atoms with E-state index < -0.39 is 27.9 Å². The Morgan fingerprint density at radius 1 is 1.04 bits per heavy atom. The van der Waals surface area contributed by atoms with Crippen molar-refractivity contribution in [3.63, 3.8) is 0 Å². The number of aryl methyl sites for hydroxylation is 1. The van der Waals surface area contributed by atoms with Gasteiger partial charge >= 0.3 is 5.97 Å². The summed E-state index contributed by atoms with van der Waals surface area (Å²) in [6.07, 6.45) is -0.110. The molecule has 2 aromatic rings. The van der Waals surface area contributed by atoms with E-state index in [0.29, 0.717) is 11.3 Å². The third-order valence-corrected chi connectivity index (χ3v) is 5.19. The van der Waals surface area contributed by atoms with Crippen LogP contribution in [0.25, 0.3) is 0 Å². The highest BCUT2D eigenvalue weighted by atomic mass is 32.2. The van der Waals surface area contributed by atoms with Crippen molar-refractivity contribution < 1.29 is 23.1 Å². The summed E-state index contributed by atoms with van der Waals surface area (Å²) in [5.74, 6) is -1.47. The number of aliphatic carboxylic acids is 1. The number of sulfonamides is 1. The molecule has 0 saturated carbocycles. The summed E-state index contributed by atoms with van der Waals surface area (Å²) in [7, 11) is -3.81. The van der Waals surface area contributed by atoms with E-state index in [2.05, 4.69) is 10.0 Å². The molecule has 0 radical (unpaired) electrons. The minimum Gasteiger partial charge on any atom is -0.481 e. The van der Waals surface area contributed by atoms with Crippen molar-refractivity contribution in [2.75, 3.05) is 5.32 Å². The number of anilines is 1. The molecule has 0 spiro atoms. The Balaban J connectivity index is 2.00. The maximum absolute atomic E-state index is 12.3. The van der Waals surface area contributed by atoms with Crippen LogP contribution in [0.5, 0.6) is 0 Å². The Morgan fingerprint density at radius 3 is 2.15 bits per heavy atom. The van der Waals surface area contributed by atoms with Crippen molar-refractivity contribution in [2.24, 2.45) is 0 Å². The topological polar surface area (TPSA) is 113 Å². The summed E-state index contributed by atoms with van der Waals surface area (Å²) < 4.78 is 27.0. The van der Waals surface area contributed by atoms with Gasteiger partial charge in [-0.3, -0.25) is 9.59 Å². The average Bonchev–Trinajstić information content (AvgIpc) is 2.56. The average molecular weight is 376 g/mol. The van der Waals surface area contributed by atoms with Gasteiger partial charge in [-0.05, 0) is 43.7 Å². The van der Waals surface area contributed by atoms with E-state index in [1.165, 1.54) is 19.1 Å². The van der Waals surface area contributed by atoms with Crippen molar-refractivity contribution in [1.82, 2.24) is 4.72 Å². The molecule has 8 heteroatoms. The molecular weight excluding hydrogens is 356 g/mol. The number of carboxylic acids is 1. The predicted molar refractivity (Wildman–Crippen MR) is 97.4 cm³/mol. The van der Waals surface area contributed by atoms with Gasteiger partial charge < -0.3 is 10.4 Å². The molecule has 0 aromatic heterocycles. The highest BCUT2D eigenvalue weighted by molar-refractivity contribution is 7.89. The summed E-state index contributed by atoms with van der Waals surface area (Å²) in [5.41, 5.74) is 1.98. The molecule has 26 heavy (non-hydrogen) atoms. The van der Waals surface area contributed by atoms with Gasteiger partial charge in [-0.1, -0.05) is 29.8 Å². The number of amides is 1. The fourth-order valence-corrected chi connectivity index (χ4v) is 3.41. The molecule has 0 saturated heterocycles. The second-order valence-corrected chi connectivity index (χ2v) is 7.63. The van der Waals surface area contributed by atoms with Crippen molar-refractivity contribution in [1.29, 1.82) is 0 Å². The Labute approximate surface area is 152 Å². The first-order valence-corrected chi connectivity index (χ1v) is 9.36. The third kappa shape index (κ3) is 5.40. The molecule has 0 aliphatic rings. The minimum atomic E-state index is -3.81. The van der Waals surface area contributed by atoms with Gasteiger partial charge in [0.1, 0.15) is 0 Å². The van der Waals surface area contributed by atoms with Crippen LogP contribution in [0.4, 0.5) is 5.69 Å². The van der Waals surface area contributed by atoms with Crippen LogP contribution in [-0.2, 0) is 26.0 Å². The number of hydrogen-bond acceptors (Lipinski definition) is 4. The molecule has 0 aliphatic carbocycles. The Kier molecular flexibility index (Phi) is 6.12. The Hall–Kier alpha value is -2.71. The lowest BCUT2D eigenvalue weighted by atomic mass is 10.1.